The quantitative estimate of drug-likeness (QED) is 0.508. The van der Waals surface area contributed by atoms with Crippen LogP contribution in [0.1, 0.15) is 36.3 Å². The predicted octanol–water partition coefficient (Wildman–Crippen LogP) is 4.67. The molecule has 0 unspecified atom stereocenters. The molecule has 174 valence electrons. The second-order valence-electron chi connectivity index (χ2n) is 8.73. The maximum Gasteiger partial charge on any atom is 0.261 e. The molecule has 33 heavy (non-hydrogen) atoms. The van der Waals surface area contributed by atoms with E-state index in [1.807, 2.05) is 11.4 Å². The summed E-state index contributed by atoms with van der Waals surface area (Å²) in [7, 11) is -3.73. The van der Waals surface area contributed by atoms with E-state index in [-0.39, 0.29) is 10.8 Å². The summed E-state index contributed by atoms with van der Waals surface area (Å²) in [5.41, 5.74) is 1.79. The summed E-state index contributed by atoms with van der Waals surface area (Å²) >= 11 is 1.40. The van der Waals surface area contributed by atoms with E-state index >= 15 is 0 Å². The summed E-state index contributed by atoms with van der Waals surface area (Å²) in [5.74, 6) is 1.04. The smallest absolute Gasteiger partial charge is 0.261 e. The molecule has 3 aromatic rings. The maximum absolute atomic E-state index is 12.6. The van der Waals surface area contributed by atoms with Crippen LogP contribution in [0.25, 0.3) is 0 Å². The van der Waals surface area contributed by atoms with E-state index < -0.39 is 10.0 Å². The Kier molecular flexibility index (Phi) is 7.11. The zero-order valence-corrected chi connectivity index (χ0v) is 20.3. The van der Waals surface area contributed by atoms with Gasteiger partial charge >= 0.3 is 0 Å². The van der Waals surface area contributed by atoms with Gasteiger partial charge in [0.15, 0.2) is 5.13 Å². The van der Waals surface area contributed by atoms with Gasteiger partial charge < -0.3 is 0 Å². The Morgan fingerprint density at radius 3 is 2.39 bits per heavy atom. The summed E-state index contributed by atoms with van der Waals surface area (Å²) in [6, 6.07) is 14.5. The Hall–Kier alpha value is -2.75. The molecule has 1 fully saturated rings. The number of hydrogen-bond donors (Lipinski definition) is 2. The van der Waals surface area contributed by atoms with Gasteiger partial charge in [0.1, 0.15) is 0 Å². The summed E-state index contributed by atoms with van der Waals surface area (Å²) in [6.07, 6.45) is 1.26. The number of benzene rings is 2. The molecule has 0 aliphatic carbocycles. The highest BCUT2D eigenvalue weighted by Gasteiger charge is 2.22. The van der Waals surface area contributed by atoms with Crippen LogP contribution in [-0.4, -0.2) is 37.3 Å². The summed E-state index contributed by atoms with van der Waals surface area (Å²) in [5, 5.41) is 5.33. The lowest BCUT2D eigenvalue weighted by molar-refractivity contribution is 0.102. The number of hydrogen-bond acceptors (Lipinski definition) is 6. The Bertz CT molecular complexity index is 1180. The van der Waals surface area contributed by atoms with Gasteiger partial charge in [-0.1, -0.05) is 32.0 Å². The highest BCUT2D eigenvalue weighted by Crippen LogP contribution is 2.24. The average Bonchev–Trinajstić information content (AvgIpc) is 3.20. The lowest BCUT2D eigenvalue weighted by atomic mass is 9.92. The number of sulfonamides is 1. The number of carbonyl (C=O) groups excluding carboxylic acids is 1. The van der Waals surface area contributed by atoms with Crippen molar-refractivity contribution < 1.29 is 13.2 Å². The second-order valence-corrected chi connectivity index (χ2v) is 11.3. The monoisotopic (exact) mass is 484 g/mol. The zero-order chi connectivity index (χ0) is 23.4. The van der Waals surface area contributed by atoms with Crippen molar-refractivity contribution in [3.8, 4) is 0 Å². The molecule has 1 amide bonds. The van der Waals surface area contributed by atoms with Gasteiger partial charge in [0.05, 0.1) is 10.6 Å². The van der Waals surface area contributed by atoms with E-state index in [9.17, 15) is 13.2 Å². The number of aromatic nitrogens is 1. The Morgan fingerprint density at radius 1 is 1.06 bits per heavy atom. The first kappa shape index (κ1) is 23.4. The molecule has 2 heterocycles. The van der Waals surface area contributed by atoms with Crippen LogP contribution in [0, 0.1) is 11.8 Å². The number of amides is 1. The van der Waals surface area contributed by atoms with Crippen LogP contribution in [0.4, 0.5) is 10.8 Å². The van der Waals surface area contributed by atoms with Crippen molar-refractivity contribution in [1.29, 1.82) is 0 Å². The predicted molar refractivity (Wildman–Crippen MR) is 132 cm³/mol. The molecule has 7 nitrogen and oxygen atoms in total. The highest BCUT2D eigenvalue weighted by molar-refractivity contribution is 7.92. The van der Waals surface area contributed by atoms with E-state index in [4.69, 9.17) is 0 Å². The molecule has 0 radical (unpaired) electrons. The van der Waals surface area contributed by atoms with Gasteiger partial charge in [-0.15, -0.1) is 11.3 Å². The lowest BCUT2D eigenvalue weighted by Gasteiger charge is -2.34. The molecule has 1 aliphatic heterocycles. The van der Waals surface area contributed by atoms with Crippen LogP contribution < -0.4 is 10.0 Å². The number of thiazole rings is 1. The molecule has 2 aromatic carbocycles. The fraction of sp³-hybridized carbons (Fsp3) is 0.333. The van der Waals surface area contributed by atoms with Gasteiger partial charge in [0.25, 0.3) is 15.9 Å². The van der Waals surface area contributed by atoms with E-state index in [0.29, 0.717) is 28.2 Å². The minimum absolute atomic E-state index is 0.0874. The van der Waals surface area contributed by atoms with Gasteiger partial charge in [-0.25, -0.2) is 13.4 Å². The van der Waals surface area contributed by atoms with Gasteiger partial charge in [0.2, 0.25) is 0 Å². The highest BCUT2D eigenvalue weighted by atomic mass is 32.2. The van der Waals surface area contributed by atoms with E-state index in [1.165, 1.54) is 42.0 Å². The van der Waals surface area contributed by atoms with Crippen molar-refractivity contribution in [2.24, 2.45) is 11.8 Å². The molecule has 1 aliphatic rings. The van der Waals surface area contributed by atoms with Gasteiger partial charge in [-0.05, 0) is 54.7 Å². The number of nitrogens with zero attached hydrogens (tertiary/aromatic N) is 2. The van der Waals surface area contributed by atoms with Crippen LogP contribution in [0.3, 0.4) is 0 Å². The molecule has 0 bridgehead atoms. The van der Waals surface area contributed by atoms with Crippen molar-refractivity contribution >= 4 is 38.1 Å². The first-order valence-corrected chi connectivity index (χ1v) is 13.3. The second kappa shape index (κ2) is 10.0. The Labute approximate surface area is 198 Å². The fourth-order valence-electron chi connectivity index (χ4n) is 4.26. The molecule has 1 saturated heterocycles. The molecular formula is C24H28N4O3S2. The normalized spacial score (nSPS) is 19.2. The number of rotatable bonds is 7. The number of anilines is 2. The van der Waals surface area contributed by atoms with Crippen molar-refractivity contribution in [3.05, 3.63) is 71.2 Å². The first-order chi connectivity index (χ1) is 15.8. The number of piperidine rings is 1. The van der Waals surface area contributed by atoms with Crippen LogP contribution in [0.15, 0.2) is 64.9 Å². The topological polar surface area (TPSA) is 91.4 Å². The van der Waals surface area contributed by atoms with Crippen molar-refractivity contribution in [2.75, 3.05) is 23.1 Å². The molecule has 2 N–H and O–H groups in total. The summed E-state index contributed by atoms with van der Waals surface area (Å²) < 4.78 is 27.6. The van der Waals surface area contributed by atoms with Crippen LogP contribution in [0.2, 0.25) is 0 Å². The zero-order valence-electron chi connectivity index (χ0n) is 18.7. The van der Waals surface area contributed by atoms with Gasteiger partial charge in [0, 0.05) is 36.3 Å². The average molecular weight is 485 g/mol. The third kappa shape index (κ3) is 6.19. The number of para-hydroxylation sites is 1. The largest absolute Gasteiger partial charge is 0.298 e. The molecule has 4 rings (SSSR count). The van der Waals surface area contributed by atoms with Crippen molar-refractivity contribution in [2.45, 2.75) is 31.7 Å². The molecule has 9 heteroatoms. The van der Waals surface area contributed by atoms with Gasteiger partial charge in [-0.3, -0.25) is 19.7 Å². The van der Waals surface area contributed by atoms with E-state index in [0.717, 1.165) is 25.3 Å². The lowest BCUT2D eigenvalue weighted by Crippen LogP contribution is -2.38. The summed E-state index contributed by atoms with van der Waals surface area (Å²) in [4.78, 5) is 19.7. The SMILES string of the molecule is C[C@@H]1C[C@@H](C)CN(Cc2csc(NC(=O)c3ccc(S(=O)(=O)Nc4ccccc4)cc3)n2)C1. The number of carbonyl (C=O) groups is 1. The van der Waals surface area contributed by atoms with Crippen LogP contribution in [-0.2, 0) is 16.6 Å². The summed E-state index contributed by atoms with van der Waals surface area (Å²) in [6.45, 7) is 7.48. The molecule has 0 saturated carbocycles. The maximum atomic E-state index is 12.6. The Morgan fingerprint density at radius 2 is 1.73 bits per heavy atom. The van der Waals surface area contributed by atoms with E-state index in [2.05, 4.69) is 33.8 Å². The minimum atomic E-state index is -3.73. The first-order valence-electron chi connectivity index (χ1n) is 10.9. The fourth-order valence-corrected chi connectivity index (χ4v) is 6.02. The number of likely N-dealkylation sites (tertiary alicyclic amines) is 1. The molecule has 2 atom stereocenters. The molecule has 0 spiro atoms. The third-order valence-corrected chi connectivity index (χ3v) is 7.76. The van der Waals surface area contributed by atoms with E-state index in [1.54, 1.807) is 24.3 Å². The van der Waals surface area contributed by atoms with Crippen LogP contribution in [0.5, 0.6) is 0 Å². The van der Waals surface area contributed by atoms with Gasteiger partial charge in [-0.2, -0.15) is 0 Å². The minimum Gasteiger partial charge on any atom is -0.298 e. The third-order valence-electron chi connectivity index (χ3n) is 5.56. The molecular weight excluding hydrogens is 456 g/mol. The van der Waals surface area contributed by atoms with Crippen molar-refractivity contribution in [1.82, 2.24) is 9.88 Å². The number of nitrogens with one attached hydrogen (secondary N) is 2. The molecule has 1 aromatic heterocycles. The van der Waals surface area contributed by atoms with Crippen molar-refractivity contribution in [3.63, 3.8) is 0 Å². The standard InChI is InChI=1S/C24H28N4O3S2/c1-17-12-18(2)14-28(13-17)15-21-16-32-24(25-21)26-23(29)19-8-10-22(11-9-19)33(30,31)27-20-6-4-3-5-7-20/h3-11,16-18,27H,12-15H2,1-2H3,(H,25,26,29)/t17-,18-/m1/s1. The Balaban J connectivity index is 1.36. The van der Waals surface area contributed by atoms with Crippen LogP contribution >= 0.6 is 11.3 Å².